The van der Waals surface area contributed by atoms with Gasteiger partial charge in [-0.2, -0.15) is 0 Å². The number of ether oxygens (including phenoxy) is 10. The number of methoxy groups -OCH3 is 3. The first-order chi connectivity index (χ1) is 28.1. The summed E-state index contributed by atoms with van der Waals surface area (Å²) in [4.78, 5) is 41.8. The zero-order chi connectivity index (χ0) is 40.8. The molecule has 4 aromatic rings. The number of sulfone groups is 1. The SMILES string of the molecule is COC(=O)c1cc(OC)c2c(c1-c1c(C(=O)OC3CCN(CC(=O)OCCCCOc4nonc4S(=O)(=O)c4ccccc4)CC3)cc(OC)c3c1OCO3)OCO2. The number of rotatable bonds is 16. The molecule has 19 nitrogen and oxygen atoms in total. The predicted molar refractivity (Wildman–Crippen MR) is 195 cm³/mol. The van der Waals surface area contributed by atoms with E-state index >= 15 is 0 Å². The number of likely N-dealkylation sites (tertiary alicyclic amines) is 1. The van der Waals surface area contributed by atoms with Gasteiger partial charge in [0.25, 0.3) is 10.9 Å². The molecule has 20 heteroatoms. The molecule has 1 aromatic heterocycles. The van der Waals surface area contributed by atoms with E-state index in [-0.39, 0.29) is 101 Å². The van der Waals surface area contributed by atoms with Crippen molar-refractivity contribution >= 4 is 27.7 Å². The number of benzene rings is 3. The number of aromatic nitrogens is 2. The molecule has 0 radical (unpaired) electrons. The Labute approximate surface area is 331 Å². The van der Waals surface area contributed by atoms with E-state index in [1.807, 2.05) is 4.90 Å². The molecule has 58 heavy (non-hydrogen) atoms. The van der Waals surface area contributed by atoms with Gasteiger partial charge < -0.3 is 47.4 Å². The van der Waals surface area contributed by atoms with Gasteiger partial charge in [0.1, 0.15) is 6.10 Å². The minimum Gasteiger partial charge on any atom is -0.493 e. The van der Waals surface area contributed by atoms with Crippen molar-refractivity contribution in [3.05, 3.63) is 53.6 Å². The van der Waals surface area contributed by atoms with Crippen molar-refractivity contribution < 1.29 is 74.8 Å². The summed E-state index contributed by atoms with van der Waals surface area (Å²) in [5.41, 5.74) is 0.351. The largest absolute Gasteiger partial charge is 0.493 e. The van der Waals surface area contributed by atoms with Crippen molar-refractivity contribution in [3.8, 4) is 51.5 Å². The first-order valence-electron chi connectivity index (χ1n) is 18.1. The molecule has 1 fully saturated rings. The molecular formula is C38H39N3O16S. The molecule has 3 aliphatic heterocycles. The second kappa shape index (κ2) is 17.5. The van der Waals surface area contributed by atoms with Gasteiger partial charge in [0.2, 0.25) is 34.9 Å². The van der Waals surface area contributed by atoms with Crippen molar-refractivity contribution in [2.75, 3.05) is 67.8 Å². The second-order valence-corrected chi connectivity index (χ2v) is 14.8. The summed E-state index contributed by atoms with van der Waals surface area (Å²) in [6, 6.07) is 10.6. The van der Waals surface area contributed by atoms with E-state index in [0.717, 1.165) is 0 Å². The quantitative estimate of drug-likeness (QED) is 0.0889. The molecule has 4 heterocycles. The fourth-order valence-corrected chi connectivity index (χ4v) is 7.83. The monoisotopic (exact) mass is 825 g/mol. The summed E-state index contributed by atoms with van der Waals surface area (Å²) in [5, 5.41) is 6.66. The van der Waals surface area contributed by atoms with Gasteiger partial charge in [-0.1, -0.05) is 18.2 Å². The van der Waals surface area contributed by atoms with Gasteiger partial charge in [0.15, 0.2) is 23.0 Å². The lowest BCUT2D eigenvalue weighted by molar-refractivity contribution is -0.145. The summed E-state index contributed by atoms with van der Waals surface area (Å²) in [6.07, 6.45) is 1.23. The smallest absolute Gasteiger partial charge is 0.339 e. The highest BCUT2D eigenvalue weighted by Crippen LogP contribution is 2.57. The molecule has 7 rings (SSSR count). The molecule has 308 valence electrons. The minimum absolute atomic E-state index is 0.0147. The highest BCUT2D eigenvalue weighted by molar-refractivity contribution is 7.91. The Morgan fingerprint density at radius 1 is 0.776 bits per heavy atom. The molecule has 1 saturated heterocycles. The third kappa shape index (κ3) is 8.10. The van der Waals surface area contributed by atoms with Crippen LogP contribution in [0.4, 0.5) is 0 Å². The molecular weight excluding hydrogens is 786 g/mol. The third-order valence-electron chi connectivity index (χ3n) is 9.47. The lowest BCUT2D eigenvalue weighted by Gasteiger charge is -2.31. The lowest BCUT2D eigenvalue weighted by Crippen LogP contribution is -2.41. The Hall–Kier alpha value is -6.28. The average molecular weight is 826 g/mol. The molecule has 0 saturated carbocycles. The predicted octanol–water partition coefficient (Wildman–Crippen LogP) is 3.85. The number of carbonyl (C=O) groups excluding carboxylic acids is 3. The number of unbranched alkanes of at least 4 members (excludes halogenated alkanes) is 1. The standard InChI is InChI=1S/C38H39N3O16S/c1-47-26-17-24(37(43)49-3)29(33-31(26)52-20-54-33)30-25(18-27(48-2)32-34(30)55-21-53-32)38(44)56-22-11-13-41(14-12-22)19-28(42)50-15-7-8-16-51-35-36(40-57-39-35)58(45,46)23-9-5-4-6-10-23/h4-6,9-10,17-18,22H,7-8,11-16,19-21H2,1-3H3. The lowest BCUT2D eigenvalue weighted by atomic mass is 9.91. The van der Waals surface area contributed by atoms with Crippen molar-refractivity contribution in [2.45, 2.75) is 41.7 Å². The Balaban J connectivity index is 0.933. The first kappa shape index (κ1) is 39.9. The van der Waals surface area contributed by atoms with Crippen LogP contribution >= 0.6 is 0 Å². The maximum absolute atomic E-state index is 14.1. The molecule has 0 bridgehead atoms. The Bertz CT molecular complexity index is 2270. The molecule has 3 aliphatic rings. The Morgan fingerprint density at radius 2 is 1.36 bits per heavy atom. The fraction of sp³-hybridized carbons (Fsp3) is 0.395. The van der Waals surface area contributed by atoms with Crippen molar-refractivity contribution in [1.29, 1.82) is 0 Å². The van der Waals surface area contributed by atoms with E-state index in [1.54, 1.807) is 18.2 Å². The van der Waals surface area contributed by atoms with Gasteiger partial charge in [-0.05, 0) is 60.3 Å². The van der Waals surface area contributed by atoms with Crippen molar-refractivity contribution in [2.24, 2.45) is 0 Å². The highest BCUT2D eigenvalue weighted by atomic mass is 32.2. The Morgan fingerprint density at radius 3 is 1.97 bits per heavy atom. The van der Waals surface area contributed by atoms with Crippen molar-refractivity contribution in [3.63, 3.8) is 0 Å². The summed E-state index contributed by atoms with van der Waals surface area (Å²) in [7, 11) is 0.0777. The van der Waals surface area contributed by atoms with Crippen LogP contribution in [0.1, 0.15) is 46.4 Å². The highest BCUT2D eigenvalue weighted by Gasteiger charge is 2.38. The van der Waals surface area contributed by atoms with E-state index in [9.17, 15) is 22.8 Å². The number of hydrogen-bond acceptors (Lipinski definition) is 19. The van der Waals surface area contributed by atoms with Crippen molar-refractivity contribution in [1.82, 2.24) is 15.2 Å². The maximum Gasteiger partial charge on any atom is 0.339 e. The van der Waals surface area contributed by atoms with E-state index in [2.05, 4.69) is 14.9 Å². The van der Waals surface area contributed by atoms with Crippen LogP contribution in [-0.2, 0) is 28.8 Å². The topological polar surface area (TPSA) is 220 Å². The third-order valence-corrected chi connectivity index (χ3v) is 11.1. The molecule has 0 atom stereocenters. The van der Waals surface area contributed by atoms with Gasteiger partial charge in [-0.25, -0.2) is 22.6 Å². The van der Waals surface area contributed by atoms with Gasteiger partial charge in [0.05, 0.1) is 57.1 Å². The van der Waals surface area contributed by atoms with Crippen LogP contribution in [0, 0.1) is 0 Å². The minimum atomic E-state index is -3.98. The van der Waals surface area contributed by atoms with Crippen LogP contribution in [0.15, 0.2) is 57.0 Å². The van der Waals surface area contributed by atoms with E-state index in [4.69, 9.17) is 47.4 Å². The number of esters is 3. The molecule has 0 N–H and O–H groups in total. The number of carbonyl (C=O) groups is 3. The van der Waals surface area contributed by atoms with Gasteiger partial charge in [-0.15, -0.1) is 0 Å². The average Bonchev–Trinajstić information content (AvgIpc) is 4.04. The van der Waals surface area contributed by atoms with Crippen LogP contribution in [0.25, 0.3) is 11.1 Å². The van der Waals surface area contributed by atoms with Gasteiger partial charge >= 0.3 is 17.9 Å². The van der Waals surface area contributed by atoms with Crippen LogP contribution in [0.3, 0.4) is 0 Å². The molecule has 0 unspecified atom stereocenters. The van der Waals surface area contributed by atoms with E-state index < -0.39 is 38.9 Å². The molecule has 0 spiro atoms. The molecule has 3 aromatic carbocycles. The maximum atomic E-state index is 14.1. The first-order valence-corrected chi connectivity index (χ1v) is 19.6. The number of nitrogens with zero attached hydrogens (tertiary/aromatic N) is 3. The normalized spacial score (nSPS) is 14.8. The number of piperidine rings is 1. The number of hydrogen-bond donors (Lipinski definition) is 0. The summed E-state index contributed by atoms with van der Waals surface area (Å²) in [6.45, 7) is 0.788. The van der Waals surface area contributed by atoms with Crippen LogP contribution in [0.2, 0.25) is 0 Å². The van der Waals surface area contributed by atoms with Gasteiger partial charge in [-0.3, -0.25) is 9.69 Å². The second-order valence-electron chi connectivity index (χ2n) is 13.0. The fourth-order valence-electron chi connectivity index (χ4n) is 6.63. The van der Waals surface area contributed by atoms with Gasteiger partial charge in [0, 0.05) is 24.2 Å². The van der Waals surface area contributed by atoms with Crippen LogP contribution in [0.5, 0.6) is 40.4 Å². The zero-order valence-corrected chi connectivity index (χ0v) is 32.5. The zero-order valence-electron chi connectivity index (χ0n) is 31.7. The van der Waals surface area contributed by atoms with Crippen LogP contribution < -0.4 is 33.2 Å². The van der Waals surface area contributed by atoms with E-state index in [1.165, 1.54) is 45.6 Å². The van der Waals surface area contributed by atoms with Crippen LogP contribution in [-0.4, -0.2) is 115 Å². The molecule has 0 amide bonds. The Kier molecular flexibility index (Phi) is 12.0. The number of fused-ring (bicyclic) bond motifs is 2. The van der Waals surface area contributed by atoms with E-state index in [0.29, 0.717) is 38.8 Å². The summed E-state index contributed by atoms with van der Waals surface area (Å²) >= 11 is 0. The summed E-state index contributed by atoms with van der Waals surface area (Å²) in [5.74, 6) is -0.978. The summed E-state index contributed by atoms with van der Waals surface area (Å²) < 4.78 is 86.4. The molecule has 0 aliphatic carbocycles.